The van der Waals surface area contributed by atoms with Gasteiger partial charge in [0.2, 0.25) is 5.91 Å². The van der Waals surface area contributed by atoms with Crippen molar-refractivity contribution in [1.82, 2.24) is 20.4 Å². The van der Waals surface area contributed by atoms with Crippen LogP contribution in [0.5, 0.6) is 0 Å². The largest absolute Gasteiger partial charge is 0.354 e. The first-order valence-electron chi connectivity index (χ1n) is 10.3. The Morgan fingerprint density at radius 2 is 1.82 bits per heavy atom. The van der Waals surface area contributed by atoms with Crippen molar-refractivity contribution < 1.29 is 9.59 Å². The SMILES string of the molecule is Cl.O=C(NCC1NCCc2ccccc21)C1CCCN(C(=O)N2CCCC2)C1. The predicted octanol–water partition coefficient (Wildman–Crippen LogP) is 2.34. The van der Waals surface area contributed by atoms with Crippen LogP contribution in [0.3, 0.4) is 0 Å². The lowest BCUT2D eigenvalue weighted by atomic mass is 9.93. The van der Waals surface area contributed by atoms with E-state index >= 15 is 0 Å². The van der Waals surface area contributed by atoms with Gasteiger partial charge in [0.15, 0.2) is 0 Å². The Bertz CT molecular complexity index is 693. The first-order chi connectivity index (χ1) is 13.2. The minimum Gasteiger partial charge on any atom is -0.354 e. The van der Waals surface area contributed by atoms with Crippen LogP contribution in [0.1, 0.15) is 42.9 Å². The Balaban J connectivity index is 0.00000225. The quantitative estimate of drug-likeness (QED) is 0.809. The fraction of sp³-hybridized carbons (Fsp3) is 0.619. The van der Waals surface area contributed by atoms with Gasteiger partial charge in [-0.3, -0.25) is 4.79 Å². The summed E-state index contributed by atoms with van der Waals surface area (Å²) in [5.41, 5.74) is 2.66. The molecule has 2 saturated heterocycles. The molecule has 0 spiro atoms. The molecule has 2 unspecified atom stereocenters. The van der Waals surface area contributed by atoms with E-state index in [-0.39, 0.29) is 36.3 Å². The van der Waals surface area contributed by atoms with Crippen LogP contribution >= 0.6 is 12.4 Å². The van der Waals surface area contributed by atoms with Crippen LogP contribution in [0.15, 0.2) is 24.3 Å². The van der Waals surface area contributed by atoms with Gasteiger partial charge in [-0.2, -0.15) is 0 Å². The molecule has 3 amide bonds. The van der Waals surface area contributed by atoms with Gasteiger partial charge in [-0.15, -0.1) is 12.4 Å². The molecule has 2 atom stereocenters. The van der Waals surface area contributed by atoms with Crippen molar-refractivity contribution in [2.45, 2.75) is 38.1 Å². The van der Waals surface area contributed by atoms with Crippen LogP contribution in [-0.2, 0) is 11.2 Å². The summed E-state index contributed by atoms with van der Waals surface area (Å²) in [6.07, 6.45) is 5.00. The molecule has 3 heterocycles. The van der Waals surface area contributed by atoms with Gasteiger partial charge >= 0.3 is 6.03 Å². The number of carbonyl (C=O) groups excluding carboxylic acids is 2. The Labute approximate surface area is 173 Å². The summed E-state index contributed by atoms with van der Waals surface area (Å²) in [5.74, 6) is -0.0112. The van der Waals surface area contributed by atoms with Crippen molar-refractivity contribution in [2.24, 2.45) is 5.92 Å². The number of hydrogen-bond acceptors (Lipinski definition) is 3. The van der Waals surface area contributed by atoms with Crippen LogP contribution in [-0.4, -0.2) is 61.0 Å². The van der Waals surface area contributed by atoms with Gasteiger partial charge in [0.1, 0.15) is 0 Å². The average Bonchev–Trinajstić information content (AvgIpc) is 3.26. The molecule has 4 rings (SSSR count). The highest BCUT2D eigenvalue weighted by Gasteiger charge is 2.32. The fourth-order valence-electron chi connectivity index (χ4n) is 4.60. The molecular weight excluding hydrogens is 376 g/mol. The smallest absolute Gasteiger partial charge is 0.320 e. The summed E-state index contributed by atoms with van der Waals surface area (Å²) in [6, 6.07) is 8.75. The third-order valence-corrected chi connectivity index (χ3v) is 6.14. The number of nitrogens with one attached hydrogen (secondary N) is 2. The zero-order valence-electron chi connectivity index (χ0n) is 16.4. The number of benzene rings is 1. The zero-order valence-corrected chi connectivity index (χ0v) is 17.2. The van der Waals surface area contributed by atoms with Crippen molar-refractivity contribution in [3.8, 4) is 0 Å². The highest BCUT2D eigenvalue weighted by molar-refractivity contribution is 5.85. The summed E-state index contributed by atoms with van der Waals surface area (Å²) in [4.78, 5) is 29.2. The maximum absolute atomic E-state index is 12.8. The van der Waals surface area contributed by atoms with Gasteiger partial charge in [0.25, 0.3) is 0 Å². The molecule has 6 nitrogen and oxygen atoms in total. The summed E-state index contributed by atoms with van der Waals surface area (Å²) in [6.45, 7) is 4.59. The number of nitrogens with zero attached hydrogens (tertiary/aromatic N) is 2. The molecule has 1 aromatic rings. The van der Waals surface area contributed by atoms with E-state index in [0.29, 0.717) is 13.1 Å². The number of urea groups is 1. The molecule has 7 heteroatoms. The molecular formula is C21H31ClN4O2. The third kappa shape index (κ3) is 4.61. The van der Waals surface area contributed by atoms with Gasteiger partial charge in [-0.1, -0.05) is 24.3 Å². The molecule has 3 aliphatic heterocycles. The van der Waals surface area contributed by atoms with E-state index in [1.807, 2.05) is 9.80 Å². The molecule has 0 saturated carbocycles. The Morgan fingerprint density at radius 1 is 1.07 bits per heavy atom. The van der Waals surface area contributed by atoms with Gasteiger partial charge in [-0.25, -0.2) is 4.79 Å². The van der Waals surface area contributed by atoms with Gasteiger partial charge in [0, 0.05) is 38.8 Å². The Kier molecular flexibility index (Phi) is 7.18. The topological polar surface area (TPSA) is 64.7 Å². The van der Waals surface area contributed by atoms with Crippen LogP contribution in [0.2, 0.25) is 0 Å². The monoisotopic (exact) mass is 406 g/mol. The highest BCUT2D eigenvalue weighted by atomic mass is 35.5. The van der Waals surface area contributed by atoms with E-state index in [2.05, 4.69) is 34.9 Å². The van der Waals surface area contributed by atoms with Gasteiger partial charge in [-0.05, 0) is 49.8 Å². The van der Waals surface area contributed by atoms with Crippen molar-refractivity contribution >= 4 is 24.3 Å². The molecule has 0 bridgehead atoms. The van der Waals surface area contributed by atoms with Gasteiger partial charge in [0.05, 0.1) is 5.92 Å². The molecule has 3 aliphatic rings. The summed E-state index contributed by atoms with van der Waals surface area (Å²) in [7, 11) is 0. The maximum atomic E-state index is 12.8. The van der Waals surface area contributed by atoms with E-state index in [9.17, 15) is 9.59 Å². The molecule has 0 radical (unpaired) electrons. The molecule has 2 fully saturated rings. The number of fused-ring (bicyclic) bond motifs is 1. The van der Waals surface area contributed by atoms with Crippen molar-refractivity contribution in [3.05, 3.63) is 35.4 Å². The molecule has 154 valence electrons. The van der Waals surface area contributed by atoms with Gasteiger partial charge < -0.3 is 20.4 Å². The van der Waals surface area contributed by atoms with Crippen LogP contribution in [0.25, 0.3) is 0 Å². The van der Waals surface area contributed by atoms with Crippen LogP contribution in [0, 0.1) is 5.92 Å². The standard InChI is InChI=1S/C21H30N4O2.ClH/c26-20(23-14-19-18-8-2-1-6-16(18)9-10-22-19)17-7-5-13-25(15-17)21(27)24-11-3-4-12-24;/h1-2,6,8,17,19,22H,3-5,7,9-15H2,(H,23,26);1H. The minimum atomic E-state index is -0.0934. The molecule has 0 aromatic heterocycles. The summed E-state index contributed by atoms with van der Waals surface area (Å²) < 4.78 is 0. The van der Waals surface area contributed by atoms with Crippen LogP contribution in [0.4, 0.5) is 4.79 Å². The first-order valence-corrected chi connectivity index (χ1v) is 10.3. The van der Waals surface area contributed by atoms with E-state index in [4.69, 9.17) is 0 Å². The number of amides is 3. The number of likely N-dealkylation sites (tertiary alicyclic amines) is 2. The normalized spacial score (nSPS) is 24.3. The number of hydrogen-bond donors (Lipinski definition) is 2. The molecule has 28 heavy (non-hydrogen) atoms. The van der Waals surface area contributed by atoms with E-state index in [1.54, 1.807) is 0 Å². The Morgan fingerprint density at radius 3 is 2.64 bits per heavy atom. The lowest BCUT2D eigenvalue weighted by molar-refractivity contribution is -0.126. The fourth-order valence-corrected chi connectivity index (χ4v) is 4.60. The van der Waals surface area contributed by atoms with E-state index in [1.165, 1.54) is 11.1 Å². The van der Waals surface area contributed by atoms with E-state index < -0.39 is 0 Å². The predicted molar refractivity (Wildman–Crippen MR) is 112 cm³/mol. The number of piperidine rings is 1. The van der Waals surface area contributed by atoms with Crippen LogP contribution < -0.4 is 10.6 Å². The minimum absolute atomic E-state index is 0. The second-order valence-electron chi connectivity index (χ2n) is 7.96. The first kappa shape index (κ1) is 20.9. The summed E-state index contributed by atoms with van der Waals surface area (Å²) >= 11 is 0. The molecule has 0 aliphatic carbocycles. The van der Waals surface area contributed by atoms with Crippen molar-refractivity contribution in [2.75, 3.05) is 39.3 Å². The lowest BCUT2D eigenvalue weighted by Gasteiger charge is -2.35. The maximum Gasteiger partial charge on any atom is 0.320 e. The van der Waals surface area contributed by atoms with Crippen molar-refractivity contribution in [1.29, 1.82) is 0 Å². The zero-order chi connectivity index (χ0) is 18.6. The molecule has 2 N–H and O–H groups in total. The summed E-state index contributed by atoms with van der Waals surface area (Å²) in [5, 5.41) is 6.65. The number of rotatable bonds is 3. The van der Waals surface area contributed by atoms with E-state index in [0.717, 1.165) is 58.3 Å². The molecule has 1 aromatic carbocycles. The number of carbonyl (C=O) groups is 2. The average molecular weight is 407 g/mol. The lowest BCUT2D eigenvalue weighted by Crippen LogP contribution is -2.50. The second kappa shape index (κ2) is 9.61. The third-order valence-electron chi connectivity index (χ3n) is 6.14. The second-order valence-corrected chi connectivity index (χ2v) is 7.96. The van der Waals surface area contributed by atoms with Crippen molar-refractivity contribution in [3.63, 3.8) is 0 Å². The number of halogens is 1. The Hall–Kier alpha value is -1.79. The highest BCUT2D eigenvalue weighted by Crippen LogP contribution is 2.23.